The Balaban J connectivity index is 2.12. The van der Waals surface area contributed by atoms with Gasteiger partial charge in [0.25, 0.3) is 0 Å². The Morgan fingerprint density at radius 2 is 2.26 bits per heavy atom. The second-order valence-electron chi connectivity index (χ2n) is 4.50. The van der Waals surface area contributed by atoms with Crippen LogP contribution in [0.15, 0.2) is 35.1 Å². The molecule has 1 atom stereocenters. The highest BCUT2D eigenvalue weighted by Crippen LogP contribution is 2.26. The lowest BCUT2D eigenvalue weighted by Gasteiger charge is -2.18. The van der Waals surface area contributed by atoms with Gasteiger partial charge >= 0.3 is 0 Å². The highest BCUT2D eigenvalue weighted by atomic mass is 127. The highest BCUT2D eigenvalue weighted by molar-refractivity contribution is 14.1. The predicted octanol–water partition coefficient (Wildman–Crippen LogP) is 3.68. The fraction of sp³-hybridized carbons (Fsp3) is 0.357. The quantitative estimate of drug-likeness (QED) is 0.729. The first-order valence-electron chi connectivity index (χ1n) is 6.20. The SMILES string of the molecule is CNC(CCc1nccn1C)c1cc(Br)ccc1I. The Bertz CT molecular complexity index is 553. The van der Waals surface area contributed by atoms with Gasteiger partial charge in [0.2, 0.25) is 0 Å². The third kappa shape index (κ3) is 3.79. The Hall–Kier alpha value is -0.400. The number of benzene rings is 1. The minimum atomic E-state index is 0.348. The molecule has 2 rings (SSSR count). The Morgan fingerprint density at radius 1 is 1.47 bits per heavy atom. The van der Waals surface area contributed by atoms with Gasteiger partial charge in [-0.3, -0.25) is 0 Å². The van der Waals surface area contributed by atoms with Crippen molar-refractivity contribution in [2.24, 2.45) is 7.05 Å². The van der Waals surface area contributed by atoms with Crippen LogP contribution in [-0.2, 0) is 13.5 Å². The van der Waals surface area contributed by atoms with Gasteiger partial charge in [0.1, 0.15) is 5.82 Å². The molecule has 102 valence electrons. The maximum absolute atomic E-state index is 4.38. The van der Waals surface area contributed by atoms with Crippen LogP contribution in [0.1, 0.15) is 23.9 Å². The molecule has 0 fully saturated rings. The molecule has 0 spiro atoms. The van der Waals surface area contributed by atoms with Crippen LogP contribution in [0.5, 0.6) is 0 Å². The zero-order chi connectivity index (χ0) is 13.8. The van der Waals surface area contributed by atoms with Crippen LogP contribution < -0.4 is 5.32 Å². The molecule has 3 nitrogen and oxygen atoms in total. The van der Waals surface area contributed by atoms with E-state index >= 15 is 0 Å². The molecule has 0 saturated carbocycles. The van der Waals surface area contributed by atoms with Gasteiger partial charge in [0.15, 0.2) is 0 Å². The van der Waals surface area contributed by atoms with E-state index in [1.165, 1.54) is 9.13 Å². The van der Waals surface area contributed by atoms with E-state index in [0.717, 1.165) is 23.1 Å². The summed E-state index contributed by atoms with van der Waals surface area (Å²) >= 11 is 5.94. The summed E-state index contributed by atoms with van der Waals surface area (Å²) in [6, 6.07) is 6.77. The zero-order valence-electron chi connectivity index (χ0n) is 11.0. The number of hydrogen-bond acceptors (Lipinski definition) is 2. The number of halogens is 2. The van der Waals surface area contributed by atoms with Crippen molar-refractivity contribution >= 4 is 38.5 Å². The first kappa shape index (κ1) is 15.0. The van der Waals surface area contributed by atoms with Gasteiger partial charge in [0, 0.05) is 39.9 Å². The monoisotopic (exact) mass is 433 g/mol. The summed E-state index contributed by atoms with van der Waals surface area (Å²) in [5.74, 6) is 1.13. The van der Waals surface area contributed by atoms with Gasteiger partial charge in [-0.25, -0.2) is 4.98 Å². The minimum absolute atomic E-state index is 0.348. The van der Waals surface area contributed by atoms with Gasteiger partial charge in [-0.15, -0.1) is 0 Å². The van der Waals surface area contributed by atoms with Crippen molar-refractivity contribution in [2.75, 3.05) is 7.05 Å². The summed E-state index contributed by atoms with van der Waals surface area (Å²) in [6.07, 6.45) is 5.85. The number of rotatable bonds is 5. The molecule has 0 aliphatic carbocycles. The summed E-state index contributed by atoms with van der Waals surface area (Å²) in [6.45, 7) is 0. The van der Waals surface area contributed by atoms with Crippen LogP contribution in [0.25, 0.3) is 0 Å². The standard InChI is InChI=1S/C14H17BrIN3/c1-17-13(5-6-14-18-7-8-19(14)2)11-9-10(15)3-4-12(11)16/h3-4,7-9,13,17H,5-6H2,1-2H3. The zero-order valence-corrected chi connectivity index (χ0v) is 14.8. The molecule has 5 heteroatoms. The van der Waals surface area contributed by atoms with E-state index in [2.05, 4.69) is 71.6 Å². The third-order valence-electron chi connectivity index (χ3n) is 3.26. The molecule has 0 aliphatic rings. The van der Waals surface area contributed by atoms with E-state index in [4.69, 9.17) is 0 Å². The fourth-order valence-electron chi connectivity index (χ4n) is 2.15. The summed E-state index contributed by atoms with van der Waals surface area (Å²) < 4.78 is 4.50. The Kier molecular flexibility index (Phi) is 5.41. The predicted molar refractivity (Wildman–Crippen MR) is 90.2 cm³/mol. The molecular weight excluding hydrogens is 417 g/mol. The van der Waals surface area contributed by atoms with Crippen molar-refractivity contribution in [1.82, 2.24) is 14.9 Å². The first-order valence-corrected chi connectivity index (χ1v) is 8.07. The normalized spacial score (nSPS) is 12.6. The fourth-order valence-corrected chi connectivity index (χ4v) is 3.24. The number of aryl methyl sites for hydroxylation is 2. The van der Waals surface area contributed by atoms with Crippen LogP contribution in [0.3, 0.4) is 0 Å². The van der Waals surface area contributed by atoms with Crippen molar-refractivity contribution in [3.63, 3.8) is 0 Å². The van der Waals surface area contributed by atoms with Crippen molar-refractivity contribution in [2.45, 2.75) is 18.9 Å². The lowest BCUT2D eigenvalue weighted by molar-refractivity contribution is 0.534. The van der Waals surface area contributed by atoms with Crippen molar-refractivity contribution < 1.29 is 0 Å². The molecule has 1 heterocycles. The minimum Gasteiger partial charge on any atom is -0.338 e. The van der Waals surface area contributed by atoms with Crippen LogP contribution in [0.4, 0.5) is 0 Å². The van der Waals surface area contributed by atoms with Gasteiger partial charge in [-0.1, -0.05) is 15.9 Å². The van der Waals surface area contributed by atoms with Crippen LogP contribution in [-0.4, -0.2) is 16.6 Å². The van der Waals surface area contributed by atoms with Gasteiger partial charge < -0.3 is 9.88 Å². The van der Waals surface area contributed by atoms with E-state index in [1.807, 2.05) is 26.5 Å². The summed E-state index contributed by atoms with van der Waals surface area (Å²) in [7, 11) is 4.06. The molecule has 0 amide bonds. The molecular formula is C14H17BrIN3. The number of hydrogen-bond donors (Lipinski definition) is 1. The summed E-state index contributed by atoms with van der Waals surface area (Å²) in [5, 5.41) is 3.41. The summed E-state index contributed by atoms with van der Waals surface area (Å²) in [4.78, 5) is 4.38. The molecule has 1 unspecified atom stereocenters. The molecule has 0 saturated heterocycles. The smallest absolute Gasteiger partial charge is 0.108 e. The van der Waals surface area contributed by atoms with E-state index in [-0.39, 0.29) is 0 Å². The van der Waals surface area contributed by atoms with Gasteiger partial charge in [0.05, 0.1) is 0 Å². The molecule has 0 aliphatic heterocycles. The Labute approximate surface area is 136 Å². The largest absolute Gasteiger partial charge is 0.338 e. The lowest BCUT2D eigenvalue weighted by atomic mass is 10.0. The van der Waals surface area contributed by atoms with E-state index in [9.17, 15) is 0 Å². The maximum atomic E-state index is 4.38. The van der Waals surface area contributed by atoms with Crippen molar-refractivity contribution in [3.8, 4) is 0 Å². The van der Waals surface area contributed by atoms with Crippen LogP contribution >= 0.6 is 38.5 Å². The molecule has 1 aromatic carbocycles. The van der Waals surface area contributed by atoms with Crippen LogP contribution in [0.2, 0.25) is 0 Å². The van der Waals surface area contributed by atoms with Crippen molar-refractivity contribution in [1.29, 1.82) is 0 Å². The second kappa shape index (κ2) is 6.85. The average molecular weight is 434 g/mol. The number of imidazole rings is 1. The molecule has 1 N–H and O–H groups in total. The second-order valence-corrected chi connectivity index (χ2v) is 6.58. The Morgan fingerprint density at radius 3 is 2.89 bits per heavy atom. The molecule has 0 radical (unpaired) electrons. The highest BCUT2D eigenvalue weighted by Gasteiger charge is 2.14. The topological polar surface area (TPSA) is 29.9 Å². The van der Waals surface area contributed by atoms with Gasteiger partial charge in [-0.2, -0.15) is 0 Å². The first-order chi connectivity index (χ1) is 9.11. The average Bonchev–Trinajstić information content (AvgIpc) is 2.80. The molecule has 2 aromatic rings. The van der Waals surface area contributed by atoms with Gasteiger partial charge in [-0.05, 0) is 59.8 Å². The number of aromatic nitrogens is 2. The van der Waals surface area contributed by atoms with E-state index in [1.54, 1.807) is 0 Å². The van der Waals surface area contributed by atoms with E-state index in [0.29, 0.717) is 6.04 Å². The lowest BCUT2D eigenvalue weighted by Crippen LogP contribution is -2.19. The maximum Gasteiger partial charge on any atom is 0.108 e. The molecule has 1 aromatic heterocycles. The third-order valence-corrected chi connectivity index (χ3v) is 4.74. The number of nitrogens with one attached hydrogen (secondary N) is 1. The molecule has 0 bridgehead atoms. The molecule has 19 heavy (non-hydrogen) atoms. The van der Waals surface area contributed by atoms with E-state index < -0.39 is 0 Å². The van der Waals surface area contributed by atoms with Crippen LogP contribution in [0, 0.1) is 3.57 Å². The summed E-state index contributed by atoms with van der Waals surface area (Å²) in [5.41, 5.74) is 1.34. The number of nitrogens with zero attached hydrogens (tertiary/aromatic N) is 2. The van der Waals surface area contributed by atoms with Crippen molar-refractivity contribution in [3.05, 3.63) is 50.0 Å².